The van der Waals surface area contributed by atoms with Crippen LogP contribution in [0.5, 0.6) is 0 Å². The van der Waals surface area contributed by atoms with Gasteiger partial charge in [0.05, 0.1) is 0 Å². The summed E-state index contributed by atoms with van der Waals surface area (Å²) < 4.78 is 0. The van der Waals surface area contributed by atoms with Gasteiger partial charge in [0.1, 0.15) is 0 Å². The topological polar surface area (TPSA) is 58.1 Å². The molecule has 5 heteroatoms. The van der Waals surface area contributed by atoms with Crippen LogP contribution >= 0.6 is 0 Å². The Morgan fingerprint density at radius 3 is 2.38 bits per heavy atom. The Balaban J connectivity index is 1.68. The van der Waals surface area contributed by atoms with E-state index in [-0.39, 0.29) is 5.91 Å². The summed E-state index contributed by atoms with van der Waals surface area (Å²) >= 11 is 0. The van der Waals surface area contributed by atoms with Gasteiger partial charge in [0.2, 0.25) is 0 Å². The summed E-state index contributed by atoms with van der Waals surface area (Å²) in [6.07, 6.45) is 0.928. The summed E-state index contributed by atoms with van der Waals surface area (Å²) in [6, 6.07) is 21.4. The van der Waals surface area contributed by atoms with Gasteiger partial charge in [0.25, 0.3) is 5.91 Å². The zero-order chi connectivity index (χ0) is 18.4. The van der Waals surface area contributed by atoms with Gasteiger partial charge in [-0.25, -0.2) is 0 Å². The van der Waals surface area contributed by atoms with E-state index >= 15 is 0 Å². The number of amides is 1. The van der Waals surface area contributed by atoms with Gasteiger partial charge in [-0.3, -0.25) is 4.79 Å². The van der Waals surface area contributed by atoms with Crippen molar-refractivity contribution in [1.29, 1.82) is 0 Å². The molecular weight excluding hydrogens is 324 g/mol. The van der Waals surface area contributed by atoms with Gasteiger partial charge in [-0.1, -0.05) is 55.5 Å². The second-order valence-corrected chi connectivity index (χ2v) is 6.09. The van der Waals surface area contributed by atoms with E-state index in [1.165, 1.54) is 5.56 Å². The number of nitrogens with zero attached hydrogens (tertiary/aromatic N) is 3. The van der Waals surface area contributed by atoms with Crippen molar-refractivity contribution in [3.63, 3.8) is 0 Å². The fourth-order valence-corrected chi connectivity index (χ4v) is 2.73. The van der Waals surface area contributed by atoms with Gasteiger partial charge in [-0.05, 0) is 35.7 Å². The molecule has 26 heavy (non-hydrogen) atoms. The van der Waals surface area contributed by atoms with E-state index in [4.69, 9.17) is 0 Å². The highest BCUT2D eigenvalue weighted by atomic mass is 16.2. The third kappa shape index (κ3) is 4.25. The molecular formula is C21H22N4O. The Hall–Kier alpha value is -3.21. The summed E-state index contributed by atoms with van der Waals surface area (Å²) in [6.45, 7) is 2.64. The lowest BCUT2D eigenvalue weighted by Gasteiger charge is -2.16. The molecule has 2 aromatic carbocycles. The van der Waals surface area contributed by atoms with Crippen LogP contribution in [0.3, 0.4) is 0 Å². The lowest BCUT2D eigenvalue weighted by Crippen LogP contribution is -2.27. The highest BCUT2D eigenvalue weighted by Crippen LogP contribution is 2.19. The highest BCUT2D eigenvalue weighted by molar-refractivity contribution is 5.92. The van der Waals surface area contributed by atoms with E-state index in [1.807, 2.05) is 48.5 Å². The number of hydrogen-bond acceptors (Lipinski definition) is 4. The fourth-order valence-electron chi connectivity index (χ4n) is 2.73. The van der Waals surface area contributed by atoms with Crippen LogP contribution in [0.4, 0.5) is 11.5 Å². The monoisotopic (exact) mass is 346 g/mol. The van der Waals surface area contributed by atoms with Crippen molar-refractivity contribution in [3.8, 4) is 0 Å². The van der Waals surface area contributed by atoms with E-state index in [0.29, 0.717) is 18.1 Å². The molecule has 0 saturated carbocycles. The molecule has 0 radical (unpaired) electrons. The lowest BCUT2D eigenvalue weighted by atomic mass is 10.1. The molecule has 1 amide bonds. The lowest BCUT2D eigenvalue weighted by molar-refractivity contribution is 0.0778. The first kappa shape index (κ1) is 17.6. The zero-order valence-corrected chi connectivity index (χ0v) is 15.0. The molecule has 0 aliphatic rings. The van der Waals surface area contributed by atoms with Crippen molar-refractivity contribution < 1.29 is 4.79 Å². The molecule has 0 spiro atoms. The van der Waals surface area contributed by atoms with E-state index in [9.17, 15) is 4.79 Å². The molecule has 0 saturated heterocycles. The minimum absolute atomic E-state index is 0.151. The molecule has 0 unspecified atom stereocenters. The summed E-state index contributed by atoms with van der Waals surface area (Å²) in [5.74, 6) is 0.468. The van der Waals surface area contributed by atoms with Crippen LogP contribution in [0.2, 0.25) is 0 Å². The maximum absolute atomic E-state index is 12.5. The number of para-hydroxylation sites is 1. The molecule has 132 valence electrons. The van der Waals surface area contributed by atoms with Crippen molar-refractivity contribution in [2.24, 2.45) is 0 Å². The van der Waals surface area contributed by atoms with Gasteiger partial charge >= 0.3 is 0 Å². The van der Waals surface area contributed by atoms with Crippen molar-refractivity contribution in [3.05, 3.63) is 83.6 Å². The largest absolute Gasteiger partial charge is 0.339 e. The fraction of sp³-hybridized carbons (Fsp3) is 0.190. The van der Waals surface area contributed by atoms with Crippen LogP contribution in [-0.4, -0.2) is 28.1 Å². The second-order valence-electron chi connectivity index (χ2n) is 6.09. The number of carbonyl (C=O) groups excluding carboxylic acids is 1. The standard InChI is InChI=1S/C21H22N4O/c1-3-17-11-7-8-12-18(17)22-20-14-13-19(23-24-20)21(26)25(2)15-16-9-5-4-6-10-16/h4-14H,3,15H2,1-2H3,(H,22,24). The number of carbonyl (C=O) groups is 1. The van der Waals surface area contributed by atoms with E-state index < -0.39 is 0 Å². The quantitative estimate of drug-likeness (QED) is 0.731. The molecule has 3 aromatic rings. The smallest absolute Gasteiger partial charge is 0.274 e. The third-order valence-corrected chi connectivity index (χ3v) is 4.15. The Kier molecular flexibility index (Phi) is 5.59. The number of aryl methyl sites for hydroxylation is 1. The Bertz CT molecular complexity index is 863. The Morgan fingerprint density at radius 2 is 1.69 bits per heavy atom. The van der Waals surface area contributed by atoms with E-state index in [0.717, 1.165) is 17.7 Å². The van der Waals surface area contributed by atoms with Crippen molar-refractivity contribution in [1.82, 2.24) is 15.1 Å². The number of hydrogen-bond donors (Lipinski definition) is 1. The molecule has 1 N–H and O–H groups in total. The van der Waals surface area contributed by atoms with Crippen LogP contribution in [0.1, 0.15) is 28.5 Å². The molecule has 0 bridgehead atoms. The number of aromatic nitrogens is 2. The van der Waals surface area contributed by atoms with Crippen molar-refractivity contribution in [2.75, 3.05) is 12.4 Å². The summed E-state index contributed by atoms with van der Waals surface area (Å²) in [5.41, 5.74) is 3.62. The first-order valence-corrected chi connectivity index (χ1v) is 8.65. The first-order chi connectivity index (χ1) is 12.7. The van der Waals surface area contributed by atoms with E-state index in [1.54, 1.807) is 24.1 Å². The van der Waals surface area contributed by atoms with Gasteiger partial charge in [-0.15, -0.1) is 10.2 Å². The van der Waals surface area contributed by atoms with Gasteiger partial charge in [0.15, 0.2) is 11.5 Å². The average molecular weight is 346 g/mol. The predicted octanol–water partition coefficient (Wildman–Crippen LogP) is 4.05. The molecule has 1 heterocycles. The number of rotatable bonds is 6. The summed E-state index contributed by atoms with van der Waals surface area (Å²) in [4.78, 5) is 14.2. The van der Waals surface area contributed by atoms with Gasteiger partial charge < -0.3 is 10.2 Å². The number of benzene rings is 2. The van der Waals surface area contributed by atoms with Crippen LogP contribution in [0, 0.1) is 0 Å². The number of anilines is 2. The molecule has 5 nitrogen and oxygen atoms in total. The molecule has 0 aliphatic carbocycles. The minimum atomic E-state index is -0.151. The third-order valence-electron chi connectivity index (χ3n) is 4.15. The van der Waals surface area contributed by atoms with Crippen LogP contribution in [-0.2, 0) is 13.0 Å². The number of nitrogens with one attached hydrogen (secondary N) is 1. The van der Waals surface area contributed by atoms with Gasteiger partial charge in [-0.2, -0.15) is 0 Å². The molecule has 0 atom stereocenters. The zero-order valence-electron chi connectivity index (χ0n) is 15.0. The summed E-state index contributed by atoms with van der Waals surface area (Å²) in [7, 11) is 1.76. The first-order valence-electron chi connectivity index (χ1n) is 8.65. The van der Waals surface area contributed by atoms with Crippen LogP contribution in [0.25, 0.3) is 0 Å². The maximum atomic E-state index is 12.5. The summed E-state index contributed by atoms with van der Waals surface area (Å²) in [5, 5.41) is 11.5. The molecule has 1 aromatic heterocycles. The Labute approximate surface area is 153 Å². The normalized spacial score (nSPS) is 10.4. The van der Waals surface area contributed by atoms with E-state index in [2.05, 4.69) is 28.5 Å². The van der Waals surface area contributed by atoms with Crippen molar-refractivity contribution >= 4 is 17.4 Å². The molecule has 0 fully saturated rings. The average Bonchev–Trinajstić information content (AvgIpc) is 2.69. The van der Waals surface area contributed by atoms with Crippen LogP contribution in [0.15, 0.2) is 66.7 Å². The molecule has 0 aliphatic heterocycles. The second kappa shape index (κ2) is 8.25. The van der Waals surface area contributed by atoms with Crippen LogP contribution < -0.4 is 5.32 Å². The maximum Gasteiger partial charge on any atom is 0.274 e. The SMILES string of the molecule is CCc1ccccc1Nc1ccc(C(=O)N(C)Cc2ccccc2)nn1. The van der Waals surface area contributed by atoms with Gasteiger partial charge in [0, 0.05) is 19.3 Å². The molecule has 3 rings (SSSR count). The highest BCUT2D eigenvalue weighted by Gasteiger charge is 2.14. The minimum Gasteiger partial charge on any atom is -0.339 e. The van der Waals surface area contributed by atoms with Crippen molar-refractivity contribution in [2.45, 2.75) is 19.9 Å². The predicted molar refractivity (Wildman–Crippen MR) is 103 cm³/mol. The Morgan fingerprint density at radius 1 is 0.962 bits per heavy atom.